The van der Waals surface area contributed by atoms with Crippen LogP contribution in [0.1, 0.15) is 18.4 Å². The predicted molar refractivity (Wildman–Crippen MR) is 78.8 cm³/mol. The average Bonchev–Trinajstić information content (AvgIpc) is 3.03. The van der Waals surface area contributed by atoms with E-state index in [-0.39, 0.29) is 17.2 Å². The number of amides is 1. The van der Waals surface area contributed by atoms with E-state index in [0.29, 0.717) is 45.7 Å². The van der Waals surface area contributed by atoms with Gasteiger partial charge in [0.1, 0.15) is 11.7 Å². The maximum atomic E-state index is 14.3. The molecule has 5 nitrogen and oxygen atoms in total. The van der Waals surface area contributed by atoms with E-state index in [9.17, 15) is 13.6 Å². The SMILES string of the molecule is N#Cc1cc(F)c(N2CCCC2C(=O)N2CCOCC2)c(F)c1. The smallest absolute Gasteiger partial charge is 0.245 e. The first-order valence-corrected chi connectivity index (χ1v) is 7.64. The molecule has 2 heterocycles. The molecule has 0 N–H and O–H groups in total. The lowest BCUT2D eigenvalue weighted by Crippen LogP contribution is -2.50. The molecular weight excluding hydrogens is 304 g/mol. The third-order valence-corrected chi connectivity index (χ3v) is 4.29. The van der Waals surface area contributed by atoms with Crippen LogP contribution in [0.2, 0.25) is 0 Å². The van der Waals surface area contributed by atoms with Crippen LogP contribution in [0.4, 0.5) is 14.5 Å². The summed E-state index contributed by atoms with van der Waals surface area (Å²) >= 11 is 0. The molecule has 1 unspecified atom stereocenters. The summed E-state index contributed by atoms with van der Waals surface area (Å²) in [5, 5.41) is 8.78. The highest BCUT2D eigenvalue weighted by atomic mass is 19.1. The van der Waals surface area contributed by atoms with Crippen molar-refractivity contribution in [3.05, 3.63) is 29.3 Å². The van der Waals surface area contributed by atoms with Crippen molar-refractivity contribution in [1.82, 2.24) is 4.90 Å². The number of rotatable bonds is 2. The number of hydrogen-bond donors (Lipinski definition) is 0. The highest BCUT2D eigenvalue weighted by molar-refractivity contribution is 5.86. The molecule has 7 heteroatoms. The number of anilines is 1. The number of nitrogens with zero attached hydrogens (tertiary/aromatic N) is 3. The van der Waals surface area contributed by atoms with Crippen LogP contribution in [-0.2, 0) is 9.53 Å². The van der Waals surface area contributed by atoms with Gasteiger partial charge in [0.25, 0.3) is 0 Å². The summed E-state index contributed by atoms with van der Waals surface area (Å²) in [4.78, 5) is 15.8. The van der Waals surface area contributed by atoms with Gasteiger partial charge in [0.15, 0.2) is 11.6 Å². The minimum absolute atomic E-state index is 0.0704. The zero-order chi connectivity index (χ0) is 16.4. The molecule has 1 amide bonds. The number of nitriles is 1. The summed E-state index contributed by atoms with van der Waals surface area (Å²) in [6.07, 6.45) is 1.26. The maximum Gasteiger partial charge on any atom is 0.245 e. The molecule has 2 saturated heterocycles. The van der Waals surface area contributed by atoms with Gasteiger partial charge in [-0.25, -0.2) is 8.78 Å². The molecular formula is C16H17F2N3O2. The molecule has 0 saturated carbocycles. The van der Waals surface area contributed by atoms with Crippen LogP contribution in [0, 0.1) is 23.0 Å². The number of carbonyl (C=O) groups excluding carboxylic acids is 1. The third-order valence-electron chi connectivity index (χ3n) is 4.29. The molecule has 23 heavy (non-hydrogen) atoms. The van der Waals surface area contributed by atoms with Gasteiger partial charge in [0.2, 0.25) is 5.91 Å². The van der Waals surface area contributed by atoms with Gasteiger partial charge in [-0.15, -0.1) is 0 Å². The number of benzene rings is 1. The molecule has 3 rings (SSSR count). The van der Waals surface area contributed by atoms with Crippen molar-refractivity contribution in [2.75, 3.05) is 37.7 Å². The van der Waals surface area contributed by atoms with Gasteiger partial charge in [-0.3, -0.25) is 4.79 Å². The Balaban J connectivity index is 1.87. The van der Waals surface area contributed by atoms with Gasteiger partial charge in [-0.1, -0.05) is 0 Å². The number of carbonyl (C=O) groups is 1. The Kier molecular flexibility index (Phi) is 4.44. The van der Waals surface area contributed by atoms with Crippen LogP contribution in [0.15, 0.2) is 12.1 Å². The molecule has 1 aromatic carbocycles. The molecule has 1 atom stereocenters. The second kappa shape index (κ2) is 6.50. The minimum atomic E-state index is -0.803. The molecule has 0 aromatic heterocycles. The summed E-state index contributed by atoms with van der Waals surface area (Å²) in [6.45, 7) is 2.39. The van der Waals surface area contributed by atoms with Gasteiger partial charge in [0.05, 0.1) is 24.8 Å². The normalized spacial score (nSPS) is 21.3. The standard InChI is InChI=1S/C16H17F2N3O2/c17-12-8-11(10-19)9-13(18)15(12)21-3-1-2-14(21)16(22)20-4-6-23-7-5-20/h8-9,14H,1-7H2. The van der Waals surface area contributed by atoms with Crippen LogP contribution in [0.3, 0.4) is 0 Å². The molecule has 0 aliphatic carbocycles. The van der Waals surface area contributed by atoms with Gasteiger partial charge >= 0.3 is 0 Å². The Morgan fingerprint density at radius 2 is 1.87 bits per heavy atom. The van der Waals surface area contributed by atoms with Crippen LogP contribution in [0.5, 0.6) is 0 Å². The monoisotopic (exact) mass is 321 g/mol. The van der Waals surface area contributed by atoms with E-state index >= 15 is 0 Å². The largest absolute Gasteiger partial charge is 0.378 e. The van der Waals surface area contributed by atoms with E-state index in [1.54, 1.807) is 11.0 Å². The average molecular weight is 321 g/mol. The van der Waals surface area contributed by atoms with E-state index < -0.39 is 17.7 Å². The van der Waals surface area contributed by atoms with Crippen molar-refractivity contribution in [1.29, 1.82) is 5.26 Å². The lowest BCUT2D eigenvalue weighted by atomic mass is 10.1. The topological polar surface area (TPSA) is 56.6 Å². The molecule has 122 valence electrons. The highest BCUT2D eigenvalue weighted by Gasteiger charge is 2.36. The predicted octanol–water partition coefficient (Wildman–Crippen LogP) is 1.66. The molecule has 2 aliphatic heterocycles. The van der Waals surface area contributed by atoms with Crippen molar-refractivity contribution < 1.29 is 18.3 Å². The number of morpholine rings is 1. The summed E-state index contributed by atoms with van der Waals surface area (Å²) < 4.78 is 33.7. The van der Waals surface area contributed by atoms with Crippen molar-refractivity contribution in [3.63, 3.8) is 0 Å². The molecule has 1 aromatic rings. The van der Waals surface area contributed by atoms with Crippen LogP contribution in [0.25, 0.3) is 0 Å². The Morgan fingerprint density at radius 3 is 2.48 bits per heavy atom. The van der Waals surface area contributed by atoms with E-state index in [1.807, 2.05) is 0 Å². The van der Waals surface area contributed by atoms with E-state index in [0.717, 1.165) is 12.1 Å². The second-order valence-corrected chi connectivity index (χ2v) is 5.69. The summed E-state index contributed by atoms with van der Waals surface area (Å²) in [5.74, 6) is -1.72. The Hall–Kier alpha value is -2.20. The summed E-state index contributed by atoms with van der Waals surface area (Å²) in [6, 6.07) is 3.17. The van der Waals surface area contributed by atoms with E-state index in [1.165, 1.54) is 4.90 Å². The van der Waals surface area contributed by atoms with E-state index in [4.69, 9.17) is 10.00 Å². The van der Waals surface area contributed by atoms with Crippen molar-refractivity contribution in [3.8, 4) is 6.07 Å². The highest BCUT2D eigenvalue weighted by Crippen LogP contribution is 2.32. The fourth-order valence-corrected chi connectivity index (χ4v) is 3.19. The van der Waals surface area contributed by atoms with Crippen molar-refractivity contribution >= 4 is 11.6 Å². The first-order chi connectivity index (χ1) is 11.1. The second-order valence-electron chi connectivity index (χ2n) is 5.69. The number of ether oxygens (including phenoxy) is 1. The Morgan fingerprint density at radius 1 is 1.22 bits per heavy atom. The Bertz CT molecular complexity index is 630. The first kappa shape index (κ1) is 15.7. The molecule has 0 spiro atoms. The molecule has 0 bridgehead atoms. The van der Waals surface area contributed by atoms with Crippen molar-refractivity contribution in [2.45, 2.75) is 18.9 Å². The van der Waals surface area contributed by atoms with Crippen LogP contribution in [-0.4, -0.2) is 49.7 Å². The summed E-state index contributed by atoms with van der Waals surface area (Å²) in [7, 11) is 0. The van der Waals surface area contributed by atoms with Crippen LogP contribution < -0.4 is 4.90 Å². The molecule has 0 radical (unpaired) electrons. The van der Waals surface area contributed by atoms with Gasteiger partial charge in [0, 0.05) is 19.6 Å². The lowest BCUT2D eigenvalue weighted by molar-refractivity contribution is -0.136. The number of hydrogen-bond acceptors (Lipinski definition) is 4. The lowest BCUT2D eigenvalue weighted by Gasteiger charge is -2.33. The number of halogens is 2. The molecule has 2 fully saturated rings. The van der Waals surface area contributed by atoms with Gasteiger partial charge in [-0.2, -0.15) is 5.26 Å². The van der Waals surface area contributed by atoms with Gasteiger partial charge in [-0.05, 0) is 25.0 Å². The Labute approximate surface area is 133 Å². The van der Waals surface area contributed by atoms with Crippen molar-refractivity contribution in [2.24, 2.45) is 0 Å². The maximum absolute atomic E-state index is 14.3. The fourth-order valence-electron chi connectivity index (χ4n) is 3.19. The minimum Gasteiger partial charge on any atom is -0.378 e. The third kappa shape index (κ3) is 2.99. The summed E-state index contributed by atoms with van der Waals surface area (Å²) in [5.41, 5.74) is -0.285. The quantitative estimate of drug-likeness (QED) is 0.831. The van der Waals surface area contributed by atoms with Gasteiger partial charge < -0.3 is 14.5 Å². The zero-order valence-electron chi connectivity index (χ0n) is 12.6. The fraction of sp³-hybridized carbons (Fsp3) is 0.500. The van der Waals surface area contributed by atoms with E-state index in [2.05, 4.69) is 0 Å². The first-order valence-electron chi connectivity index (χ1n) is 7.64. The van der Waals surface area contributed by atoms with Crippen LogP contribution >= 0.6 is 0 Å². The molecule has 2 aliphatic rings. The zero-order valence-corrected chi connectivity index (χ0v) is 12.6.